The normalized spacial score (nSPS) is 12.1. The maximum atomic E-state index is 9.17. The Morgan fingerprint density at radius 2 is 1.41 bits per heavy atom. The summed E-state index contributed by atoms with van der Waals surface area (Å²) < 4.78 is 0. The van der Waals surface area contributed by atoms with Gasteiger partial charge in [0.05, 0.1) is 0 Å². The van der Waals surface area contributed by atoms with Crippen LogP contribution in [-0.4, -0.2) is 23.4 Å². The zero-order chi connectivity index (χ0) is 23.0. The quantitative estimate of drug-likeness (QED) is 0.319. The van der Waals surface area contributed by atoms with Crippen molar-refractivity contribution >= 4 is 0 Å². The fourth-order valence-corrected chi connectivity index (χ4v) is 3.85. The van der Waals surface area contributed by atoms with Crippen molar-refractivity contribution < 1.29 is 10.2 Å². The molecule has 0 aromatic heterocycles. The second kappa shape index (κ2) is 15.4. The molecule has 2 aromatic carbocycles. The summed E-state index contributed by atoms with van der Waals surface area (Å²) in [7, 11) is 0. The molecule has 0 aliphatic rings. The van der Waals surface area contributed by atoms with Crippen molar-refractivity contribution in [2.24, 2.45) is 5.92 Å². The zero-order valence-electron chi connectivity index (χ0n) is 19.7. The molecule has 0 saturated carbocycles. The van der Waals surface area contributed by atoms with Gasteiger partial charge in [0.15, 0.2) is 0 Å². The lowest BCUT2D eigenvalue weighted by Gasteiger charge is -2.10. The largest absolute Gasteiger partial charge is 0.396 e. The van der Waals surface area contributed by atoms with E-state index in [0.717, 1.165) is 44.9 Å². The van der Waals surface area contributed by atoms with E-state index < -0.39 is 0 Å². The molecule has 2 N–H and O–H groups in total. The van der Waals surface area contributed by atoms with Crippen molar-refractivity contribution in [3.8, 4) is 0 Å². The molecule has 0 amide bonds. The van der Waals surface area contributed by atoms with E-state index in [2.05, 4.69) is 80.3 Å². The number of aryl methyl sites for hydroxylation is 3. The summed E-state index contributed by atoms with van der Waals surface area (Å²) in [6.45, 7) is 6.22. The predicted octanol–water partition coefficient (Wildman–Crippen LogP) is 6.41. The fourth-order valence-electron chi connectivity index (χ4n) is 3.85. The molecule has 0 saturated heterocycles. The van der Waals surface area contributed by atoms with Crippen molar-refractivity contribution in [3.05, 3.63) is 107 Å². The van der Waals surface area contributed by atoms with E-state index in [1.807, 2.05) is 6.08 Å². The molecule has 2 aromatic rings. The molecule has 0 unspecified atom stereocenters. The lowest BCUT2D eigenvalue weighted by Crippen LogP contribution is -2.10. The maximum absolute atomic E-state index is 9.17. The van der Waals surface area contributed by atoms with Crippen LogP contribution in [0.15, 0.2) is 85.0 Å². The van der Waals surface area contributed by atoms with E-state index in [9.17, 15) is 0 Å². The van der Waals surface area contributed by atoms with Crippen LogP contribution in [0.25, 0.3) is 0 Å². The van der Waals surface area contributed by atoms with Gasteiger partial charge in [0.25, 0.3) is 0 Å². The van der Waals surface area contributed by atoms with Gasteiger partial charge in [-0.1, -0.05) is 92.8 Å². The highest BCUT2D eigenvalue weighted by molar-refractivity contribution is 5.29. The molecule has 0 atom stereocenters. The summed E-state index contributed by atoms with van der Waals surface area (Å²) in [5.41, 5.74) is 6.71. The first-order chi connectivity index (χ1) is 15.7. The Bertz CT molecular complexity index is 824. The Balaban J connectivity index is 1.80. The van der Waals surface area contributed by atoms with Crippen LogP contribution < -0.4 is 0 Å². The number of hydrogen-bond donors (Lipinski definition) is 2. The first-order valence-corrected chi connectivity index (χ1v) is 12.0. The molecule has 2 rings (SSSR count). The predicted molar refractivity (Wildman–Crippen MR) is 137 cm³/mol. The molecule has 0 radical (unpaired) electrons. The van der Waals surface area contributed by atoms with E-state index in [-0.39, 0.29) is 19.1 Å². The molecular formula is C30H40O2. The Labute approximate surface area is 195 Å². The molecule has 2 nitrogen and oxygen atoms in total. The van der Waals surface area contributed by atoms with Crippen LogP contribution in [-0.2, 0) is 25.7 Å². The summed E-state index contributed by atoms with van der Waals surface area (Å²) in [6.07, 6.45) is 16.6. The van der Waals surface area contributed by atoms with Gasteiger partial charge in [-0.25, -0.2) is 0 Å². The van der Waals surface area contributed by atoms with Crippen LogP contribution in [0, 0.1) is 5.92 Å². The van der Waals surface area contributed by atoms with Gasteiger partial charge < -0.3 is 10.2 Å². The number of hydrogen-bond acceptors (Lipinski definition) is 2. The lowest BCUT2D eigenvalue weighted by atomic mass is 9.98. The van der Waals surface area contributed by atoms with Crippen LogP contribution in [0.5, 0.6) is 0 Å². The first kappa shape index (κ1) is 25.8. The van der Waals surface area contributed by atoms with Gasteiger partial charge in [0.2, 0.25) is 0 Å². The Hall–Kier alpha value is -2.42. The molecule has 0 bridgehead atoms. The van der Waals surface area contributed by atoms with Crippen molar-refractivity contribution in [2.75, 3.05) is 13.2 Å². The van der Waals surface area contributed by atoms with Gasteiger partial charge in [-0.2, -0.15) is 0 Å². The number of allylic oxidation sites excluding steroid dienone is 5. The Morgan fingerprint density at radius 3 is 1.97 bits per heavy atom. The van der Waals surface area contributed by atoms with Gasteiger partial charge in [-0.3, -0.25) is 0 Å². The third-order valence-electron chi connectivity index (χ3n) is 5.90. The second-order valence-electron chi connectivity index (χ2n) is 8.59. The Kier molecular flexibility index (Phi) is 12.4. The molecular weight excluding hydrogens is 392 g/mol. The van der Waals surface area contributed by atoms with E-state index in [0.29, 0.717) is 0 Å². The monoisotopic (exact) mass is 432 g/mol. The molecule has 0 aliphatic heterocycles. The molecule has 2 heteroatoms. The smallest absolute Gasteiger partial charge is 0.0481 e. The minimum Gasteiger partial charge on any atom is -0.396 e. The number of aliphatic hydroxyl groups excluding tert-OH is 2. The highest BCUT2D eigenvalue weighted by Crippen LogP contribution is 2.15. The van der Waals surface area contributed by atoms with Crippen molar-refractivity contribution in [2.45, 2.75) is 58.3 Å². The maximum Gasteiger partial charge on any atom is 0.0481 e. The van der Waals surface area contributed by atoms with Crippen molar-refractivity contribution in [1.82, 2.24) is 0 Å². The molecule has 0 fully saturated rings. The SMILES string of the molecule is C=C/C=C(\C=C/Cc1ccc(CCC)cc1)CCc1ccc(CCCC(CO)CO)cc1. The first-order valence-electron chi connectivity index (χ1n) is 12.0. The Morgan fingerprint density at radius 1 is 0.844 bits per heavy atom. The molecule has 0 spiro atoms. The van der Waals surface area contributed by atoms with Gasteiger partial charge in [0.1, 0.15) is 0 Å². The second-order valence-corrected chi connectivity index (χ2v) is 8.59. The number of benzene rings is 2. The third kappa shape index (κ3) is 9.80. The van der Waals surface area contributed by atoms with Crippen LogP contribution in [0.3, 0.4) is 0 Å². The molecule has 0 aliphatic carbocycles. The van der Waals surface area contributed by atoms with E-state index >= 15 is 0 Å². The third-order valence-corrected chi connectivity index (χ3v) is 5.90. The van der Waals surface area contributed by atoms with Crippen molar-refractivity contribution in [3.63, 3.8) is 0 Å². The summed E-state index contributed by atoms with van der Waals surface area (Å²) in [5, 5.41) is 18.3. The standard InChI is InChI=1S/C30H40O2/c1-3-7-25(9-5-10-27-16-14-26(8-4-2)15-17-27)13-20-29-21-18-28(19-22-29)11-6-12-30(23-31)24-32/h3,5,7,9,14-19,21-22,30-32H,1,4,6,8,10-13,20,23-24H2,2H3/b9-5-,25-7+. The summed E-state index contributed by atoms with van der Waals surface area (Å²) >= 11 is 0. The van der Waals surface area contributed by atoms with E-state index in [4.69, 9.17) is 10.2 Å². The highest BCUT2D eigenvalue weighted by Gasteiger charge is 2.05. The van der Waals surface area contributed by atoms with E-state index in [1.54, 1.807) is 0 Å². The average molecular weight is 433 g/mol. The summed E-state index contributed by atoms with van der Waals surface area (Å²) in [6, 6.07) is 17.8. The van der Waals surface area contributed by atoms with Gasteiger partial charge in [0, 0.05) is 19.1 Å². The molecule has 172 valence electrons. The average Bonchev–Trinajstić information content (AvgIpc) is 2.82. The lowest BCUT2D eigenvalue weighted by molar-refractivity contribution is 0.142. The van der Waals surface area contributed by atoms with Crippen LogP contribution >= 0.6 is 0 Å². The highest BCUT2D eigenvalue weighted by atomic mass is 16.3. The summed E-state index contributed by atoms with van der Waals surface area (Å²) in [5.74, 6) is 0.0119. The minimum absolute atomic E-state index is 0.0119. The van der Waals surface area contributed by atoms with Gasteiger partial charge >= 0.3 is 0 Å². The molecule has 0 heterocycles. The summed E-state index contributed by atoms with van der Waals surface area (Å²) in [4.78, 5) is 0. The van der Waals surface area contributed by atoms with Gasteiger partial charge in [-0.15, -0.1) is 0 Å². The fraction of sp³-hybridized carbons (Fsp3) is 0.400. The zero-order valence-corrected chi connectivity index (χ0v) is 19.7. The van der Waals surface area contributed by atoms with Crippen LogP contribution in [0.2, 0.25) is 0 Å². The number of rotatable bonds is 15. The van der Waals surface area contributed by atoms with Crippen LogP contribution in [0.1, 0.15) is 54.9 Å². The number of aliphatic hydroxyl groups is 2. The minimum atomic E-state index is 0.0119. The van der Waals surface area contributed by atoms with Crippen LogP contribution in [0.4, 0.5) is 0 Å². The topological polar surface area (TPSA) is 40.5 Å². The molecule has 32 heavy (non-hydrogen) atoms. The van der Waals surface area contributed by atoms with Gasteiger partial charge in [-0.05, 0) is 72.8 Å². The van der Waals surface area contributed by atoms with E-state index in [1.165, 1.54) is 34.2 Å². The van der Waals surface area contributed by atoms with Crippen molar-refractivity contribution in [1.29, 1.82) is 0 Å².